The Bertz CT molecular complexity index is 320. The molecule has 0 unspecified atom stereocenters. The van der Waals surface area contributed by atoms with Gasteiger partial charge in [-0.2, -0.15) is 0 Å². The zero-order valence-corrected chi connectivity index (χ0v) is 11.4. The third-order valence-corrected chi connectivity index (χ3v) is 3.20. The SMILES string of the molecule is CCCCN(CCCO)Cc1ncc(Cl)n1C. The van der Waals surface area contributed by atoms with Crippen LogP contribution in [0.2, 0.25) is 5.15 Å². The predicted molar refractivity (Wildman–Crippen MR) is 70.1 cm³/mol. The van der Waals surface area contributed by atoms with Crippen molar-refractivity contribution in [2.45, 2.75) is 32.7 Å². The quantitative estimate of drug-likeness (QED) is 0.777. The molecule has 0 atom stereocenters. The maximum Gasteiger partial charge on any atom is 0.128 e. The van der Waals surface area contributed by atoms with E-state index in [0.29, 0.717) is 5.15 Å². The van der Waals surface area contributed by atoms with Gasteiger partial charge in [0.1, 0.15) is 11.0 Å². The molecule has 0 saturated carbocycles. The molecule has 0 saturated heterocycles. The van der Waals surface area contributed by atoms with Crippen molar-refractivity contribution < 1.29 is 5.11 Å². The number of nitrogens with zero attached hydrogens (tertiary/aromatic N) is 3. The lowest BCUT2D eigenvalue weighted by atomic mass is 10.3. The Hall–Kier alpha value is -0.580. The van der Waals surface area contributed by atoms with Crippen LogP contribution in [0.1, 0.15) is 32.0 Å². The second-order valence-corrected chi connectivity index (χ2v) is 4.65. The van der Waals surface area contributed by atoms with Gasteiger partial charge in [-0.3, -0.25) is 4.90 Å². The van der Waals surface area contributed by atoms with Crippen molar-refractivity contribution in [3.63, 3.8) is 0 Å². The van der Waals surface area contributed by atoms with E-state index in [0.717, 1.165) is 31.9 Å². The number of imidazole rings is 1. The number of halogens is 1. The lowest BCUT2D eigenvalue weighted by Gasteiger charge is -2.21. The van der Waals surface area contributed by atoms with Crippen LogP contribution in [0, 0.1) is 0 Å². The lowest BCUT2D eigenvalue weighted by molar-refractivity contribution is 0.211. The summed E-state index contributed by atoms with van der Waals surface area (Å²) in [7, 11) is 1.93. The number of aliphatic hydroxyl groups excluding tert-OH is 1. The van der Waals surface area contributed by atoms with E-state index >= 15 is 0 Å². The Labute approximate surface area is 108 Å². The van der Waals surface area contributed by atoms with Crippen molar-refractivity contribution in [3.8, 4) is 0 Å². The average Bonchev–Trinajstić information content (AvgIpc) is 2.64. The molecule has 0 aliphatic rings. The average molecular weight is 260 g/mol. The highest BCUT2D eigenvalue weighted by Crippen LogP contribution is 2.11. The molecule has 4 nitrogen and oxygen atoms in total. The van der Waals surface area contributed by atoms with E-state index < -0.39 is 0 Å². The summed E-state index contributed by atoms with van der Waals surface area (Å²) in [4.78, 5) is 6.62. The van der Waals surface area contributed by atoms with Crippen LogP contribution in [0.5, 0.6) is 0 Å². The van der Waals surface area contributed by atoms with Crippen molar-refractivity contribution in [2.75, 3.05) is 19.7 Å². The molecule has 17 heavy (non-hydrogen) atoms. The third-order valence-electron chi connectivity index (χ3n) is 2.85. The molecule has 0 radical (unpaired) electrons. The smallest absolute Gasteiger partial charge is 0.128 e. The number of unbranched alkanes of at least 4 members (excludes halogenated alkanes) is 1. The van der Waals surface area contributed by atoms with Crippen LogP contribution in [0.4, 0.5) is 0 Å². The van der Waals surface area contributed by atoms with E-state index in [-0.39, 0.29) is 6.61 Å². The maximum absolute atomic E-state index is 8.90. The fourth-order valence-corrected chi connectivity index (χ4v) is 1.86. The molecule has 0 aliphatic heterocycles. The molecule has 0 aliphatic carbocycles. The number of hydrogen-bond acceptors (Lipinski definition) is 3. The number of hydrogen-bond donors (Lipinski definition) is 1. The summed E-state index contributed by atoms with van der Waals surface area (Å²) < 4.78 is 1.90. The topological polar surface area (TPSA) is 41.3 Å². The summed E-state index contributed by atoms with van der Waals surface area (Å²) in [6, 6.07) is 0. The molecule has 1 aromatic rings. The molecular formula is C12H22ClN3O. The van der Waals surface area contributed by atoms with Crippen LogP contribution in [-0.2, 0) is 13.6 Å². The van der Waals surface area contributed by atoms with Gasteiger partial charge in [0.15, 0.2) is 0 Å². The monoisotopic (exact) mass is 259 g/mol. The van der Waals surface area contributed by atoms with Gasteiger partial charge in [-0.05, 0) is 19.4 Å². The molecule has 0 amide bonds. The van der Waals surface area contributed by atoms with Crippen LogP contribution in [-0.4, -0.2) is 39.3 Å². The first-order chi connectivity index (χ1) is 8.19. The summed E-state index contributed by atoms with van der Waals surface area (Å²) in [5, 5.41) is 9.56. The van der Waals surface area contributed by atoms with E-state index in [1.165, 1.54) is 12.8 Å². The Kier molecular flexibility index (Phi) is 6.55. The van der Waals surface area contributed by atoms with Crippen LogP contribution >= 0.6 is 11.6 Å². The van der Waals surface area contributed by atoms with Crippen molar-refractivity contribution in [2.24, 2.45) is 7.05 Å². The molecule has 0 fully saturated rings. The Morgan fingerprint density at radius 1 is 1.41 bits per heavy atom. The summed E-state index contributed by atoms with van der Waals surface area (Å²) in [5.41, 5.74) is 0. The minimum atomic E-state index is 0.240. The van der Waals surface area contributed by atoms with E-state index in [1.807, 2.05) is 11.6 Å². The van der Waals surface area contributed by atoms with Gasteiger partial charge < -0.3 is 9.67 Å². The summed E-state index contributed by atoms with van der Waals surface area (Å²) >= 11 is 5.96. The first kappa shape index (κ1) is 14.5. The third kappa shape index (κ3) is 4.66. The summed E-state index contributed by atoms with van der Waals surface area (Å²) in [6.07, 6.45) is 4.84. The fraction of sp³-hybridized carbons (Fsp3) is 0.750. The standard InChI is InChI=1S/C12H22ClN3O/c1-3-4-6-16(7-5-8-17)10-12-14-9-11(13)15(12)2/h9,17H,3-8,10H2,1-2H3. The van der Waals surface area contributed by atoms with Crippen molar-refractivity contribution in [1.29, 1.82) is 0 Å². The molecule has 1 heterocycles. The lowest BCUT2D eigenvalue weighted by Crippen LogP contribution is -2.27. The minimum Gasteiger partial charge on any atom is -0.396 e. The van der Waals surface area contributed by atoms with Crippen molar-refractivity contribution >= 4 is 11.6 Å². The molecule has 1 aromatic heterocycles. The second-order valence-electron chi connectivity index (χ2n) is 4.26. The van der Waals surface area contributed by atoms with Gasteiger partial charge >= 0.3 is 0 Å². The first-order valence-corrected chi connectivity index (χ1v) is 6.56. The van der Waals surface area contributed by atoms with Gasteiger partial charge in [0, 0.05) is 20.2 Å². The van der Waals surface area contributed by atoms with Crippen LogP contribution < -0.4 is 0 Å². The second kappa shape index (κ2) is 7.69. The molecular weight excluding hydrogens is 238 g/mol. The normalized spacial score (nSPS) is 11.4. The largest absolute Gasteiger partial charge is 0.396 e. The highest BCUT2D eigenvalue weighted by Gasteiger charge is 2.10. The molecule has 98 valence electrons. The zero-order valence-electron chi connectivity index (χ0n) is 10.7. The summed E-state index contributed by atoms with van der Waals surface area (Å²) in [5.74, 6) is 0.976. The molecule has 1 N–H and O–H groups in total. The number of aliphatic hydroxyl groups is 1. The van der Waals surface area contributed by atoms with Crippen molar-refractivity contribution in [3.05, 3.63) is 17.2 Å². The van der Waals surface area contributed by atoms with Crippen LogP contribution in [0.3, 0.4) is 0 Å². The molecule has 1 rings (SSSR count). The zero-order chi connectivity index (χ0) is 12.7. The van der Waals surface area contributed by atoms with E-state index in [9.17, 15) is 0 Å². The predicted octanol–water partition coefficient (Wildman–Crippen LogP) is 2.06. The van der Waals surface area contributed by atoms with Crippen LogP contribution in [0.15, 0.2) is 6.20 Å². The molecule has 0 bridgehead atoms. The van der Waals surface area contributed by atoms with Crippen molar-refractivity contribution in [1.82, 2.24) is 14.5 Å². The number of rotatable bonds is 8. The molecule has 0 aromatic carbocycles. The van der Waals surface area contributed by atoms with E-state index in [1.54, 1.807) is 6.20 Å². The Balaban J connectivity index is 2.54. The van der Waals surface area contributed by atoms with Crippen LogP contribution in [0.25, 0.3) is 0 Å². The van der Waals surface area contributed by atoms with Gasteiger partial charge in [0.05, 0.1) is 12.7 Å². The van der Waals surface area contributed by atoms with Gasteiger partial charge in [-0.15, -0.1) is 0 Å². The maximum atomic E-state index is 8.90. The van der Waals surface area contributed by atoms with Gasteiger partial charge in [0.2, 0.25) is 0 Å². The van der Waals surface area contributed by atoms with E-state index in [4.69, 9.17) is 16.7 Å². The van der Waals surface area contributed by atoms with Gasteiger partial charge in [0.25, 0.3) is 0 Å². The Morgan fingerprint density at radius 3 is 2.65 bits per heavy atom. The Morgan fingerprint density at radius 2 is 2.12 bits per heavy atom. The minimum absolute atomic E-state index is 0.240. The summed E-state index contributed by atoms with van der Waals surface area (Å²) in [6.45, 7) is 5.16. The first-order valence-electron chi connectivity index (χ1n) is 6.18. The van der Waals surface area contributed by atoms with Gasteiger partial charge in [-0.25, -0.2) is 4.98 Å². The highest BCUT2D eigenvalue weighted by atomic mass is 35.5. The fourth-order valence-electron chi connectivity index (χ4n) is 1.72. The highest BCUT2D eigenvalue weighted by molar-refractivity contribution is 6.29. The van der Waals surface area contributed by atoms with E-state index in [2.05, 4.69) is 16.8 Å². The molecule has 0 spiro atoms. The molecule has 5 heteroatoms. The number of aromatic nitrogens is 2. The van der Waals surface area contributed by atoms with Gasteiger partial charge in [-0.1, -0.05) is 24.9 Å².